The van der Waals surface area contributed by atoms with Crippen molar-refractivity contribution in [2.45, 2.75) is 38.7 Å². The van der Waals surface area contributed by atoms with Crippen molar-refractivity contribution in [3.05, 3.63) is 29.8 Å². The highest BCUT2D eigenvalue weighted by molar-refractivity contribution is 5.31. The zero-order valence-electron chi connectivity index (χ0n) is 10.9. The van der Waals surface area contributed by atoms with Crippen molar-refractivity contribution in [1.29, 1.82) is 0 Å². The smallest absolute Gasteiger partial charge is 0.118 e. The summed E-state index contributed by atoms with van der Waals surface area (Å²) >= 11 is 0. The summed E-state index contributed by atoms with van der Waals surface area (Å²) in [6.07, 6.45) is 2.95. The molecule has 2 rings (SSSR count). The van der Waals surface area contributed by atoms with Gasteiger partial charge in [0.05, 0.1) is 12.7 Å². The molecule has 2 unspecified atom stereocenters. The van der Waals surface area contributed by atoms with E-state index >= 15 is 0 Å². The average Bonchev–Trinajstić information content (AvgIpc) is 2.27. The normalized spacial score (nSPS) is 33.4. The largest absolute Gasteiger partial charge is 0.497 e. The van der Waals surface area contributed by atoms with Crippen LogP contribution in [0.1, 0.15) is 38.7 Å². The first kappa shape index (κ1) is 12.4. The van der Waals surface area contributed by atoms with E-state index in [9.17, 15) is 5.11 Å². The Morgan fingerprint density at radius 3 is 2.12 bits per heavy atom. The maximum Gasteiger partial charge on any atom is 0.118 e. The monoisotopic (exact) mass is 234 g/mol. The van der Waals surface area contributed by atoms with Crippen LogP contribution in [-0.2, 0) is 5.60 Å². The molecule has 94 valence electrons. The van der Waals surface area contributed by atoms with Crippen molar-refractivity contribution in [2.24, 2.45) is 11.8 Å². The number of methoxy groups -OCH3 is 1. The van der Waals surface area contributed by atoms with Gasteiger partial charge in [-0.1, -0.05) is 26.0 Å². The SMILES string of the molecule is COc1ccc(C2(O)CC(C)CC(C)C2)cc1. The first-order valence-corrected chi connectivity index (χ1v) is 6.40. The van der Waals surface area contributed by atoms with Crippen molar-refractivity contribution in [3.63, 3.8) is 0 Å². The molecule has 1 saturated carbocycles. The van der Waals surface area contributed by atoms with E-state index in [0.29, 0.717) is 11.8 Å². The molecule has 1 aliphatic rings. The van der Waals surface area contributed by atoms with E-state index in [1.165, 1.54) is 6.42 Å². The van der Waals surface area contributed by atoms with Crippen molar-refractivity contribution in [2.75, 3.05) is 7.11 Å². The lowest BCUT2D eigenvalue weighted by Crippen LogP contribution is -2.35. The molecule has 0 heterocycles. The lowest BCUT2D eigenvalue weighted by Gasteiger charge is -2.39. The first-order chi connectivity index (χ1) is 8.03. The molecule has 1 aliphatic carbocycles. The molecule has 0 saturated heterocycles. The topological polar surface area (TPSA) is 29.5 Å². The first-order valence-electron chi connectivity index (χ1n) is 6.40. The minimum absolute atomic E-state index is 0.589. The van der Waals surface area contributed by atoms with Crippen LogP contribution in [0.15, 0.2) is 24.3 Å². The molecule has 0 amide bonds. The van der Waals surface area contributed by atoms with Gasteiger partial charge in [0, 0.05) is 0 Å². The molecular weight excluding hydrogens is 212 g/mol. The highest BCUT2D eigenvalue weighted by Gasteiger charge is 2.37. The van der Waals surface area contributed by atoms with E-state index in [0.717, 1.165) is 24.2 Å². The van der Waals surface area contributed by atoms with E-state index < -0.39 is 5.60 Å². The van der Waals surface area contributed by atoms with E-state index in [1.54, 1.807) is 7.11 Å². The van der Waals surface area contributed by atoms with E-state index in [-0.39, 0.29) is 0 Å². The van der Waals surface area contributed by atoms with Crippen LogP contribution in [0.25, 0.3) is 0 Å². The van der Waals surface area contributed by atoms with Crippen LogP contribution in [-0.4, -0.2) is 12.2 Å². The van der Waals surface area contributed by atoms with Gasteiger partial charge < -0.3 is 9.84 Å². The fourth-order valence-electron chi connectivity index (χ4n) is 3.23. The molecule has 0 radical (unpaired) electrons. The minimum atomic E-state index is -0.649. The van der Waals surface area contributed by atoms with E-state index in [2.05, 4.69) is 13.8 Å². The molecule has 17 heavy (non-hydrogen) atoms. The van der Waals surface area contributed by atoms with Crippen molar-refractivity contribution in [3.8, 4) is 5.75 Å². The fraction of sp³-hybridized carbons (Fsp3) is 0.600. The van der Waals surface area contributed by atoms with Gasteiger partial charge in [-0.2, -0.15) is 0 Å². The standard InChI is InChI=1S/C15H22O2/c1-11-8-12(2)10-15(16,9-11)13-4-6-14(17-3)7-5-13/h4-7,11-12,16H,8-10H2,1-3H3. The van der Waals surface area contributed by atoms with Crippen LogP contribution in [0.3, 0.4) is 0 Å². The van der Waals surface area contributed by atoms with Gasteiger partial charge in [0.2, 0.25) is 0 Å². The number of ether oxygens (including phenoxy) is 1. The second-order valence-corrected chi connectivity index (χ2v) is 5.61. The Morgan fingerprint density at radius 2 is 1.65 bits per heavy atom. The number of aliphatic hydroxyl groups is 1. The minimum Gasteiger partial charge on any atom is -0.497 e. The lowest BCUT2D eigenvalue weighted by atomic mass is 9.71. The summed E-state index contributed by atoms with van der Waals surface area (Å²) in [6.45, 7) is 4.45. The third-order valence-electron chi connectivity index (χ3n) is 3.80. The summed E-state index contributed by atoms with van der Waals surface area (Å²) in [4.78, 5) is 0. The molecule has 1 aromatic rings. The van der Waals surface area contributed by atoms with Crippen molar-refractivity contribution in [1.82, 2.24) is 0 Å². The second-order valence-electron chi connectivity index (χ2n) is 5.61. The van der Waals surface area contributed by atoms with Crippen LogP contribution in [0, 0.1) is 11.8 Å². The van der Waals surface area contributed by atoms with Gasteiger partial charge in [-0.15, -0.1) is 0 Å². The fourth-order valence-corrected chi connectivity index (χ4v) is 3.23. The Bertz CT molecular complexity index is 359. The second kappa shape index (κ2) is 4.69. The molecule has 0 spiro atoms. The Labute approximate surface area is 104 Å². The Hall–Kier alpha value is -1.02. The maximum absolute atomic E-state index is 10.8. The number of hydrogen-bond acceptors (Lipinski definition) is 2. The predicted octanol–water partition coefficient (Wildman–Crippen LogP) is 3.34. The number of hydrogen-bond donors (Lipinski definition) is 1. The van der Waals surface area contributed by atoms with Crippen LogP contribution in [0.2, 0.25) is 0 Å². The zero-order chi connectivity index (χ0) is 12.5. The third kappa shape index (κ3) is 2.63. The molecule has 1 aromatic carbocycles. The van der Waals surface area contributed by atoms with Crippen molar-refractivity contribution >= 4 is 0 Å². The number of benzene rings is 1. The molecule has 0 aromatic heterocycles. The van der Waals surface area contributed by atoms with Gasteiger partial charge in [0.1, 0.15) is 5.75 Å². The summed E-state index contributed by atoms with van der Waals surface area (Å²) in [7, 11) is 1.66. The highest BCUT2D eigenvalue weighted by atomic mass is 16.5. The van der Waals surface area contributed by atoms with Crippen LogP contribution in [0.4, 0.5) is 0 Å². The van der Waals surface area contributed by atoms with Gasteiger partial charge >= 0.3 is 0 Å². The molecule has 1 N–H and O–H groups in total. The molecule has 2 heteroatoms. The molecule has 2 atom stereocenters. The molecule has 1 fully saturated rings. The van der Waals surface area contributed by atoms with Gasteiger partial charge in [0.15, 0.2) is 0 Å². The Morgan fingerprint density at radius 1 is 1.12 bits per heavy atom. The van der Waals surface area contributed by atoms with Crippen molar-refractivity contribution < 1.29 is 9.84 Å². The summed E-state index contributed by atoms with van der Waals surface area (Å²) in [5.41, 5.74) is 0.375. The Balaban J connectivity index is 2.23. The lowest BCUT2D eigenvalue weighted by molar-refractivity contribution is -0.0363. The molecule has 2 nitrogen and oxygen atoms in total. The zero-order valence-corrected chi connectivity index (χ0v) is 10.9. The van der Waals surface area contributed by atoms with Gasteiger partial charge in [-0.3, -0.25) is 0 Å². The predicted molar refractivity (Wildman–Crippen MR) is 69.1 cm³/mol. The molecule has 0 bridgehead atoms. The number of rotatable bonds is 2. The average molecular weight is 234 g/mol. The Kier molecular flexibility index (Phi) is 3.43. The van der Waals surface area contributed by atoms with Gasteiger partial charge in [0.25, 0.3) is 0 Å². The van der Waals surface area contributed by atoms with Crippen LogP contribution >= 0.6 is 0 Å². The van der Waals surface area contributed by atoms with Gasteiger partial charge in [-0.05, 0) is 48.8 Å². The summed E-state index contributed by atoms with van der Waals surface area (Å²) in [5, 5.41) is 10.8. The summed E-state index contributed by atoms with van der Waals surface area (Å²) in [6, 6.07) is 7.83. The molecule has 0 aliphatic heterocycles. The summed E-state index contributed by atoms with van der Waals surface area (Å²) < 4.78 is 5.15. The quantitative estimate of drug-likeness (QED) is 0.850. The van der Waals surface area contributed by atoms with E-state index in [1.807, 2.05) is 24.3 Å². The van der Waals surface area contributed by atoms with Gasteiger partial charge in [-0.25, -0.2) is 0 Å². The summed E-state index contributed by atoms with van der Waals surface area (Å²) in [5.74, 6) is 2.02. The third-order valence-corrected chi connectivity index (χ3v) is 3.80. The maximum atomic E-state index is 10.8. The van der Waals surface area contributed by atoms with Crippen LogP contribution in [0.5, 0.6) is 5.75 Å². The van der Waals surface area contributed by atoms with E-state index in [4.69, 9.17) is 4.74 Å². The van der Waals surface area contributed by atoms with Crippen LogP contribution < -0.4 is 4.74 Å². The highest BCUT2D eigenvalue weighted by Crippen LogP contribution is 2.42. The molecular formula is C15H22O2.